The Hall–Kier alpha value is -0.780. The molecular weight excluding hydrogens is 308 g/mol. The Labute approximate surface area is 132 Å². The lowest BCUT2D eigenvalue weighted by atomic mass is 9.85. The zero-order chi connectivity index (χ0) is 15.6. The minimum atomic E-state index is -3.53. The van der Waals surface area contributed by atoms with E-state index in [0.717, 1.165) is 31.6 Å². The number of rotatable bonds is 4. The quantitative estimate of drug-likeness (QED) is 0.830. The highest BCUT2D eigenvalue weighted by Gasteiger charge is 2.25. The first kappa shape index (κ1) is 16.6. The van der Waals surface area contributed by atoms with Gasteiger partial charge >= 0.3 is 0 Å². The summed E-state index contributed by atoms with van der Waals surface area (Å²) in [7, 11) is -3.53. The van der Waals surface area contributed by atoms with Gasteiger partial charge in [0.25, 0.3) is 0 Å². The second-order valence-electron chi connectivity index (χ2n) is 5.89. The molecule has 0 aromatic heterocycles. The van der Waals surface area contributed by atoms with Crippen LogP contribution in [0, 0.1) is 12.8 Å². The van der Waals surface area contributed by atoms with E-state index < -0.39 is 10.0 Å². The molecular formula is C15H23ClN2O2S. The monoisotopic (exact) mass is 330 g/mol. The van der Waals surface area contributed by atoms with E-state index in [1.807, 2.05) is 0 Å². The van der Waals surface area contributed by atoms with Gasteiger partial charge in [-0.25, -0.2) is 13.1 Å². The zero-order valence-corrected chi connectivity index (χ0v) is 14.1. The first-order chi connectivity index (χ1) is 9.83. The largest absolute Gasteiger partial charge is 0.397 e. The van der Waals surface area contributed by atoms with Crippen molar-refractivity contribution in [1.82, 2.24) is 4.72 Å². The molecule has 0 unspecified atom stereocenters. The Bertz CT molecular complexity index is 585. The van der Waals surface area contributed by atoms with Crippen molar-refractivity contribution in [2.24, 2.45) is 5.92 Å². The lowest BCUT2D eigenvalue weighted by Crippen LogP contribution is -2.37. The van der Waals surface area contributed by atoms with Crippen LogP contribution in [-0.4, -0.2) is 14.5 Å². The number of anilines is 1. The first-order valence-corrected chi connectivity index (χ1v) is 9.27. The Kier molecular flexibility index (Phi) is 5.17. The minimum absolute atomic E-state index is 0.0232. The van der Waals surface area contributed by atoms with Crippen LogP contribution in [0.5, 0.6) is 0 Å². The summed E-state index contributed by atoms with van der Waals surface area (Å²) >= 11 is 5.98. The molecule has 3 N–H and O–H groups in total. The van der Waals surface area contributed by atoms with Gasteiger partial charge in [0.05, 0.1) is 15.6 Å². The van der Waals surface area contributed by atoms with Gasteiger partial charge < -0.3 is 5.73 Å². The number of benzene rings is 1. The molecule has 1 aliphatic rings. The minimum Gasteiger partial charge on any atom is -0.397 e. The van der Waals surface area contributed by atoms with Crippen molar-refractivity contribution in [3.63, 3.8) is 0 Å². The third-order valence-corrected chi connectivity index (χ3v) is 6.33. The fraction of sp³-hybridized carbons (Fsp3) is 0.600. The van der Waals surface area contributed by atoms with Crippen molar-refractivity contribution in [3.05, 3.63) is 22.7 Å². The van der Waals surface area contributed by atoms with E-state index >= 15 is 0 Å². The van der Waals surface area contributed by atoms with Crippen molar-refractivity contribution < 1.29 is 8.42 Å². The number of nitrogens with one attached hydrogen (secondary N) is 1. The molecule has 21 heavy (non-hydrogen) atoms. The second-order valence-corrected chi connectivity index (χ2v) is 7.98. The van der Waals surface area contributed by atoms with Gasteiger partial charge in [-0.2, -0.15) is 0 Å². The predicted molar refractivity (Wildman–Crippen MR) is 87.0 cm³/mol. The predicted octanol–water partition coefficient (Wildman–Crippen LogP) is 3.48. The van der Waals surface area contributed by atoms with Crippen molar-refractivity contribution >= 4 is 27.3 Å². The van der Waals surface area contributed by atoms with Gasteiger partial charge in [0.2, 0.25) is 10.0 Å². The highest BCUT2D eigenvalue weighted by atomic mass is 35.5. The summed E-state index contributed by atoms with van der Waals surface area (Å²) in [5.74, 6) is 0.735. The summed E-state index contributed by atoms with van der Waals surface area (Å²) in [6, 6.07) is 3.02. The molecule has 0 aliphatic heterocycles. The number of nitrogens with two attached hydrogens (primary N) is 1. The van der Waals surface area contributed by atoms with Crippen LogP contribution >= 0.6 is 11.6 Å². The number of hydrogen-bond acceptors (Lipinski definition) is 3. The number of halogens is 1. The molecule has 1 saturated carbocycles. The number of aryl methyl sites for hydroxylation is 1. The Balaban J connectivity index is 2.12. The average molecular weight is 331 g/mol. The molecule has 0 atom stereocenters. The normalized spacial score (nSPS) is 23.2. The van der Waals surface area contributed by atoms with E-state index in [-0.39, 0.29) is 10.9 Å². The van der Waals surface area contributed by atoms with Gasteiger partial charge in [0.1, 0.15) is 0 Å². The van der Waals surface area contributed by atoms with Crippen LogP contribution < -0.4 is 10.5 Å². The highest BCUT2D eigenvalue weighted by molar-refractivity contribution is 7.89. The summed E-state index contributed by atoms with van der Waals surface area (Å²) in [4.78, 5) is 0.194. The van der Waals surface area contributed by atoms with E-state index in [0.29, 0.717) is 16.3 Å². The van der Waals surface area contributed by atoms with Gasteiger partial charge in [-0.1, -0.05) is 24.9 Å². The average Bonchev–Trinajstić information content (AvgIpc) is 2.44. The van der Waals surface area contributed by atoms with Crippen LogP contribution in [0.2, 0.25) is 5.02 Å². The SMILES string of the molecule is CCC1CCC(NS(=O)(=O)c2cc(C)c(Cl)c(N)c2)CC1. The van der Waals surface area contributed by atoms with Crippen molar-refractivity contribution in [2.45, 2.75) is 56.9 Å². The summed E-state index contributed by atoms with van der Waals surface area (Å²) in [5, 5.41) is 0.414. The number of hydrogen-bond donors (Lipinski definition) is 2. The summed E-state index contributed by atoms with van der Waals surface area (Å²) < 4.78 is 27.7. The second kappa shape index (κ2) is 6.55. The topological polar surface area (TPSA) is 72.2 Å². The maximum absolute atomic E-state index is 12.5. The van der Waals surface area contributed by atoms with E-state index in [4.69, 9.17) is 17.3 Å². The van der Waals surface area contributed by atoms with Crippen molar-refractivity contribution in [2.75, 3.05) is 5.73 Å². The van der Waals surface area contributed by atoms with Crippen LogP contribution in [0.1, 0.15) is 44.6 Å². The molecule has 0 bridgehead atoms. The van der Waals surface area contributed by atoms with Crippen LogP contribution in [0.3, 0.4) is 0 Å². The molecule has 6 heteroatoms. The molecule has 0 radical (unpaired) electrons. The maximum Gasteiger partial charge on any atom is 0.240 e. The standard InChI is InChI=1S/C15H23ClN2O2S/c1-3-11-4-6-12(7-5-11)18-21(19,20)13-8-10(2)15(16)14(17)9-13/h8-9,11-12,18H,3-7,17H2,1-2H3. The van der Waals surface area contributed by atoms with Gasteiger partial charge in [-0.15, -0.1) is 0 Å². The van der Waals surface area contributed by atoms with E-state index in [9.17, 15) is 8.42 Å². The van der Waals surface area contributed by atoms with E-state index in [2.05, 4.69) is 11.6 Å². The van der Waals surface area contributed by atoms with E-state index in [1.165, 1.54) is 12.5 Å². The highest BCUT2D eigenvalue weighted by Crippen LogP contribution is 2.29. The van der Waals surface area contributed by atoms with Gasteiger partial charge in [-0.05, 0) is 56.2 Å². The van der Waals surface area contributed by atoms with Crippen LogP contribution in [0.15, 0.2) is 17.0 Å². The molecule has 1 aromatic rings. The molecule has 2 rings (SSSR count). The molecule has 1 aliphatic carbocycles. The summed E-state index contributed by atoms with van der Waals surface area (Å²) in [6.45, 7) is 3.94. The fourth-order valence-corrected chi connectivity index (χ4v) is 4.43. The molecule has 0 heterocycles. The lowest BCUT2D eigenvalue weighted by Gasteiger charge is -2.28. The molecule has 0 saturated heterocycles. The molecule has 1 fully saturated rings. The molecule has 4 nitrogen and oxygen atoms in total. The van der Waals surface area contributed by atoms with Gasteiger partial charge in [0.15, 0.2) is 0 Å². The maximum atomic E-state index is 12.5. The van der Waals surface area contributed by atoms with Crippen molar-refractivity contribution in [3.8, 4) is 0 Å². The first-order valence-electron chi connectivity index (χ1n) is 7.41. The van der Waals surface area contributed by atoms with Gasteiger partial charge in [-0.3, -0.25) is 0 Å². The summed E-state index contributed by atoms with van der Waals surface area (Å²) in [5.41, 5.74) is 6.73. The lowest BCUT2D eigenvalue weighted by molar-refractivity contribution is 0.306. The smallest absolute Gasteiger partial charge is 0.240 e. The Morgan fingerprint density at radius 2 is 1.90 bits per heavy atom. The van der Waals surface area contributed by atoms with Crippen LogP contribution in [-0.2, 0) is 10.0 Å². The zero-order valence-electron chi connectivity index (χ0n) is 12.5. The van der Waals surface area contributed by atoms with Crippen LogP contribution in [0.4, 0.5) is 5.69 Å². The third kappa shape index (κ3) is 3.90. The Morgan fingerprint density at radius 3 is 2.43 bits per heavy atom. The molecule has 0 amide bonds. The van der Waals surface area contributed by atoms with Crippen LogP contribution in [0.25, 0.3) is 0 Å². The molecule has 118 valence electrons. The Morgan fingerprint density at radius 1 is 1.29 bits per heavy atom. The molecule has 1 aromatic carbocycles. The fourth-order valence-electron chi connectivity index (χ4n) is 2.89. The van der Waals surface area contributed by atoms with Gasteiger partial charge in [0, 0.05) is 6.04 Å². The third-order valence-electron chi connectivity index (χ3n) is 4.31. The van der Waals surface area contributed by atoms with Crippen molar-refractivity contribution in [1.29, 1.82) is 0 Å². The molecule has 0 spiro atoms. The van der Waals surface area contributed by atoms with E-state index in [1.54, 1.807) is 13.0 Å². The number of sulfonamides is 1. The number of nitrogen functional groups attached to an aromatic ring is 1. The summed E-state index contributed by atoms with van der Waals surface area (Å²) in [6.07, 6.45) is 5.16.